The van der Waals surface area contributed by atoms with E-state index in [4.69, 9.17) is 10.2 Å². The van der Waals surface area contributed by atoms with E-state index < -0.39 is 5.97 Å². The van der Waals surface area contributed by atoms with Gasteiger partial charge in [0.2, 0.25) is 5.91 Å². The van der Waals surface area contributed by atoms with Crippen LogP contribution in [0.2, 0.25) is 0 Å². The molecule has 1 aliphatic rings. The van der Waals surface area contributed by atoms with Gasteiger partial charge in [-0.1, -0.05) is 48.0 Å². The fourth-order valence-electron chi connectivity index (χ4n) is 4.26. The minimum Gasteiger partial charge on any atom is -0.481 e. The maximum absolute atomic E-state index is 13.2. The predicted octanol–water partition coefficient (Wildman–Crippen LogP) is 5.45. The van der Waals surface area contributed by atoms with Gasteiger partial charge in [0.05, 0.1) is 34.4 Å². The van der Waals surface area contributed by atoms with Gasteiger partial charge < -0.3 is 5.11 Å². The highest BCUT2D eigenvalue weighted by atomic mass is 32.1. The number of carbonyl (C=O) groups excluding carboxylic acids is 1. The van der Waals surface area contributed by atoms with Crippen LogP contribution < -0.4 is 0 Å². The Kier molecular flexibility index (Phi) is 6.29. The van der Waals surface area contributed by atoms with Crippen LogP contribution in [-0.2, 0) is 9.59 Å². The van der Waals surface area contributed by atoms with Crippen molar-refractivity contribution in [1.29, 1.82) is 0 Å². The molecule has 4 aromatic rings. The molecule has 0 aliphatic carbocycles. The van der Waals surface area contributed by atoms with Crippen LogP contribution in [0.5, 0.6) is 0 Å². The number of aliphatic carboxylic acids is 1. The number of rotatable bonds is 7. The molecular weight excluding hydrogens is 460 g/mol. The van der Waals surface area contributed by atoms with E-state index in [0.717, 1.165) is 38.7 Å². The minimum atomic E-state index is -1.01. The highest BCUT2D eigenvalue weighted by Crippen LogP contribution is 2.39. The third-order valence-corrected chi connectivity index (χ3v) is 6.86. The van der Waals surface area contributed by atoms with Crippen molar-refractivity contribution in [1.82, 2.24) is 14.8 Å². The summed E-state index contributed by atoms with van der Waals surface area (Å²) in [5.41, 5.74) is 5.45. The molecule has 0 spiro atoms. The molecule has 8 heteroatoms. The van der Waals surface area contributed by atoms with Crippen molar-refractivity contribution >= 4 is 28.9 Å². The van der Waals surface area contributed by atoms with Gasteiger partial charge in [-0.2, -0.15) is 10.2 Å². The maximum atomic E-state index is 13.2. The van der Waals surface area contributed by atoms with E-state index in [2.05, 4.69) is 11.2 Å². The molecule has 2 aromatic carbocycles. The molecule has 0 saturated carbocycles. The number of carboxylic acids is 1. The second-order valence-corrected chi connectivity index (χ2v) is 9.41. The maximum Gasteiger partial charge on any atom is 0.303 e. The van der Waals surface area contributed by atoms with E-state index in [1.807, 2.05) is 83.8 Å². The van der Waals surface area contributed by atoms with Crippen LogP contribution in [0.25, 0.3) is 16.9 Å². The number of hydrogen-bond donors (Lipinski definition) is 1. The van der Waals surface area contributed by atoms with E-state index in [-0.39, 0.29) is 24.8 Å². The Labute approximate surface area is 207 Å². The van der Waals surface area contributed by atoms with E-state index in [1.165, 1.54) is 5.01 Å². The number of hydrazone groups is 1. The third-order valence-electron chi connectivity index (χ3n) is 5.94. The number of carbonyl (C=O) groups is 2. The smallest absolute Gasteiger partial charge is 0.303 e. The van der Waals surface area contributed by atoms with Crippen molar-refractivity contribution in [3.8, 4) is 16.9 Å². The molecule has 1 amide bonds. The van der Waals surface area contributed by atoms with Crippen molar-refractivity contribution in [2.24, 2.45) is 5.10 Å². The molecule has 0 radical (unpaired) electrons. The van der Waals surface area contributed by atoms with Gasteiger partial charge in [-0.3, -0.25) is 9.59 Å². The molecule has 7 nitrogen and oxygen atoms in total. The Bertz CT molecular complexity index is 1390. The summed E-state index contributed by atoms with van der Waals surface area (Å²) in [5.74, 6) is -1.32. The van der Waals surface area contributed by atoms with Crippen molar-refractivity contribution in [3.05, 3.63) is 94.3 Å². The summed E-state index contributed by atoms with van der Waals surface area (Å²) in [6.45, 7) is 2.03. The van der Waals surface area contributed by atoms with Crippen LogP contribution in [0, 0.1) is 6.92 Å². The number of aromatic nitrogens is 2. The molecule has 1 aliphatic heterocycles. The van der Waals surface area contributed by atoms with Gasteiger partial charge in [-0.05, 0) is 36.6 Å². The first-order chi connectivity index (χ1) is 17.0. The summed E-state index contributed by atoms with van der Waals surface area (Å²) >= 11 is 1.57. The number of carboxylic acid groups (broad SMARTS) is 1. The number of benzene rings is 2. The second-order valence-electron chi connectivity index (χ2n) is 8.46. The fraction of sp³-hybridized carbons (Fsp3) is 0.185. The summed E-state index contributed by atoms with van der Waals surface area (Å²) in [4.78, 5) is 25.3. The Morgan fingerprint density at radius 1 is 1.06 bits per heavy atom. The zero-order valence-corrected chi connectivity index (χ0v) is 20.0. The molecule has 5 rings (SSSR count). The normalized spacial score (nSPS) is 15.3. The van der Waals surface area contributed by atoms with Gasteiger partial charge in [-0.25, -0.2) is 9.69 Å². The molecule has 2 aromatic heterocycles. The number of thiophene rings is 1. The standard InChI is InChI=1S/C27H24N4O3S/c1-18-7-5-8-19(15-18)27-21(17-30(29-27)20-9-3-2-4-10-20)23-16-22(24-11-6-14-35-24)28-31(23)25(32)12-13-26(33)34/h2-11,14-15,17,23H,12-13,16H2,1H3,(H,33,34)/t23-/m1/s1. The first kappa shape index (κ1) is 22.7. The van der Waals surface area contributed by atoms with E-state index in [9.17, 15) is 9.59 Å². The number of aryl methyl sites for hydroxylation is 1. The Balaban J connectivity index is 1.60. The Morgan fingerprint density at radius 2 is 1.89 bits per heavy atom. The summed E-state index contributed by atoms with van der Waals surface area (Å²) in [7, 11) is 0. The monoisotopic (exact) mass is 484 g/mol. The lowest BCUT2D eigenvalue weighted by atomic mass is 9.97. The summed E-state index contributed by atoms with van der Waals surface area (Å²) in [5, 5.41) is 22.2. The van der Waals surface area contributed by atoms with Crippen molar-refractivity contribution in [3.63, 3.8) is 0 Å². The van der Waals surface area contributed by atoms with Crippen LogP contribution in [0.4, 0.5) is 0 Å². The fourth-order valence-corrected chi connectivity index (χ4v) is 4.98. The van der Waals surface area contributed by atoms with Gasteiger partial charge in [-0.15, -0.1) is 11.3 Å². The zero-order valence-electron chi connectivity index (χ0n) is 19.2. The molecule has 0 unspecified atom stereocenters. The van der Waals surface area contributed by atoms with E-state index in [1.54, 1.807) is 11.3 Å². The van der Waals surface area contributed by atoms with Gasteiger partial charge in [0.15, 0.2) is 0 Å². The summed E-state index contributed by atoms with van der Waals surface area (Å²) < 4.78 is 1.83. The first-order valence-corrected chi connectivity index (χ1v) is 12.2. The lowest BCUT2D eigenvalue weighted by Gasteiger charge is -2.21. The number of para-hydroxylation sites is 1. The first-order valence-electron chi connectivity index (χ1n) is 11.4. The quantitative estimate of drug-likeness (QED) is 0.378. The average Bonchev–Trinajstić information content (AvgIpc) is 3.62. The molecule has 0 saturated heterocycles. The topological polar surface area (TPSA) is 87.8 Å². The van der Waals surface area contributed by atoms with Gasteiger partial charge in [0.1, 0.15) is 0 Å². The molecule has 1 atom stereocenters. The molecule has 176 valence electrons. The van der Waals surface area contributed by atoms with Crippen LogP contribution in [-0.4, -0.2) is 37.5 Å². The van der Waals surface area contributed by atoms with Crippen LogP contribution in [0.15, 0.2) is 83.4 Å². The lowest BCUT2D eigenvalue weighted by Crippen LogP contribution is -2.27. The van der Waals surface area contributed by atoms with E-state index >= 15 is 0 Å². The lowest BCUT2D eigenvalue weighted by molar-refractivity contribution is -0.141. The van der Waals surface area contributed by atoms with Crippen LogP contribution in [0.1, 0.15) is 41.3 Å². The molecule has 0 bridgehead atoms. The molecule has 35 heavy (non-hydrogen) atoms. The van der Waals surface area contributed by atoms with Gasteiger partial charge in [0.25, 0.3) is 0 Å². The van der Waals surface area contributed by atoms with Gasteiger partial charge >= 0.3 is 5.97 Å². The Hall–Kier alpha value is -4.04. The van der Waals surface area contributed by atoms with Crippen LogP contribution >= 0.6 is 11.3 Å². The SMILES string of the molecule is Cc1cccc(-c2nn(-c3ccccc3)cc2[C@H]2CC(c3cccs3)=NN2C(=O)CCC(=O)O)c1. The average molecular weight is 485 g/mol. The number of amides is 1. The molecule has 0 fully saturated rings. The number of hydrogen-bond acceptors (Lipinski definition) is 5. The van der Waals surface area contributed by atoms with Crippen molar-refractivity contribution in [2.45, 2.75) is 32.2 Å². The minimum absolute atomic E-state index is 0.111. The third kappa shape index (κ3) is 4.79. The molecule has 1 N–H and O–H groups in total. The Morgan fingerprint density at radius 3 is 2.60 bits per heavy atom. The summed E-state index contributed by atoms with van der Waals surface area (Å²) in [6, 6.07) is 21.5. The summed E-state index contributed by atoms with van der Waals surface area (Å²) in [6.07, 6.45) is 2.14. The highest BCUT2D eigenvalue weighted by Gasteiger charge is 2.36. The largest absolute Gasteiger partial charge is 0.481 e. The number of nitrogens with zero attached hydrogens (tertiary/aromatic N) is 4. The van der Waals surface area contributed by atoms with Crippen molar-refractivity contribution in [2.75, 3.05) is 0 Å². The highest BCUT2D eigenvalue weighted by molar-refractivity contribution is 7.12. The predicted molar refractivity (Wildman–Crippen MR) is 136 cm³/mol. The van der Waals surface area contributed by atoms with Crippen LogP contribution in [0.3, 0.4) is 0 Å². The molecule has 3 heterocycles. The molecular formula is C27H24N4O3S. The van der Waals surface area contributed by atoms with E-state index in [0.29, 0.717) is 6.42 Å². The van der Waals surface area contributed by atoms with Gasteiger partial charge in [0, 0.05) is 30.2 Å². The zero-order chi connectivity index (χ0) is 24.4. The second kappa shape index (κ2) is 9.68. The van der Waals surface area contributed by atoms with Crippen molar-refractivity contribution < 1.29 is 14.7 Å².